The van der Waals surface area contributed by atoms with Gasteiger partial charge in [0.1, 0.15) is 17.3 Å². The average molecular weight is 399 g/mol. The molecule has 0 N–H and O–H groups in total. The van der Waals surface area contributed by atoms with Gasteiger partial charge in [0.15, 0.2) is 0 Å². The van der Waals surface area contributed by atoms with Crippen molar-refractivity contribution in [2.45, 2.75) is 19.9 Å². The fourth-order valence-electron chi connectivity index (χ4n) is 3.47. The molecule has 4 nitrogen and oxygen atoms in total. The van der Waals surface area contributed by atoms with Gasteiger partial charge in [0, 0.05) is 6.54 Å². The van der Waals surface area contributed by atoms with Crippen molar-refractivity contribution in [3.05, 3.63) is 89.7 Å². The van der Waals surface area contributed by atoms with Gasteiger partial charge in [0.2, 0.25) is 0 Å². The Labute approximate surface area is 177 Å². The molecule has 0 amide bonds. The van der Waals surface area contributed by atoms with E-state index < -0.39 is 0 Å². The first-order valence-corrected chi connectivity index (χ1v) is 10.2. The highest BCUT2D eigenvalue weighted by molar-refractivity contribution is 5.79. The number of aromatic nitrogens is 2. The fourth-order valence-corrected chi connectivity index (χ4v) is 3.47. The molecule has 0 bridgehead atoms. The van der Waals surface area contributed by atoms with Gasteiger partial charge in [-0.25, -0.2) is 4.98 Å². The molecule has 30 heavy (non-hydrogen) atoms. The van der Waals surface area contributed by atoms with E-state index in [9.17, 15) is 0 Å². The Morgan fingerprint density at radius 2 is 1.67 bits per heavy atom. The van der Waals surface area contributed by atoms with Crippen LogP contribution in [0.15, 0.2) is 72.8 Å². The van der Waals surface area contributed by atoms with E-state index in [2.05, 4.69) is 47.9 Å². The maximum Gasteiger partial charge on any atom is 0.133 e. The van der Waals surface area contributed by atoms with Crippen molar-refractivity contribution in [3.63, 3.8) is 0 Å². The first-order valence-electron chi connectivity index (χ1n) is 10.2. The molecule has 0 aliphatic carbocycles. The van der Waals surface area contributed by atoms with E-state index in [0.29, 0.717) is 6.61 Å². The van der Waals surface area contributed by atoms with Crippen LogP contribution < -0.4 is 9.47 Å². The third-order valence-corrected chi connectivity index (χ3v) is 5.10. The number of methoxy groups -OCH3 is 1. The van der Waals surface area contributed by atoms with Crippen LogP contribution in [0.1, 0.15) is 23.4 Å². The molecule has 4 aromatic rings. The normalized spacial score (nSPS) is 11.3. The molecule has 0 spiro atoms. The van der Waals surface area contributed by atoms with Crippen LogP contribution in [0.3, 0.4) is 0 Å². The predicted octanol–water partition coefficient (Wildman–Crippen LogP) is 5.99. The molecule has 0 atom stereocenters. The highest BCUT2D eigenvalue weighted by Gasteiger charge is 2.08. The number of rotatable bonds is 8. The number of para-hydroxylation sites is 3. The molecule has 0 fully saturated rings. The lowest BCUT2D eigenvalue weighted by molar-refractivity contribution is 0.300. The molecule has 4 rings (SSSR count). The Hall–Kier alpha value is -3.53. The van der Waals surface area contributed by atoms with Crippen LogP contribution >= 0.6 is 0 Å². The van der Waals surface area contributed by atoms with Gasteiger partial charge in [0.05, 0.1) is 24.8 Å². The molecule has 1 heterocycles. The maximum absolute atomic E-state index is 5.97. The van der Waals surface area contributed by atoms with Crippen LogP contribution in [0.25, 0.3) is 23.2 Å². The number of aryl methyl sites for hydroxylation is 2. The number of hydrogen-bond donors (Lipinski definition) is 0. The van der Waals surface area contributed by atoms with Crippen LogP contribution in [-0.4, -0.2) is 23.3 Å². The summed E-state index contributed by atoms with van der Waals surface area (Å²) >= 11 is 0. The number of imidazole rings is 1. The van der Waals surface area contributed by atoms with Gasteiger partial charge in [-0.05, 0) is 60.9 Å². The summed E-state index contributed by atoms with van der Waals surface area (Å²) in [7, 11) is 1.68. The third-order valence-electron chi connectivity index (χ3n) is 5.10. The van der Waals surface area contributed by atoms with E-state index in [1.165, 1.54) is 0 Å². The highest BCUT2D eigenvalue weighted by atomic mass is 16.5. The van der Waals surface area contributed by atoms with E-state index in [1.54, 1.807) is 7.11 Å². The summed E-state index contributed by atoms with van der Waals surface area (Å²) in [4.78, 5) is 4.82. The minimum Gasteiger partial charge on any atom is -0.497 e. The standard InChI is InChI=1S/C26H26N2O2/c1-20-8-3-6-11-25(20)30-19-7-18-28-24-10-5-4-9-23(24)27-26(28)17-14-21-12-15-22(29-2)16-13-21/h3-6,8-17H,7,18-19H2,1-2H3. The molecular weight excluding hydrogens is 372 g/mol. The van der Waals surface area contributed by atoms with Gasteiger partial charge in [-0.1, -0.05) is 48.5 Å². The lowest BCUT2D eigenvalue weighted by Gasteiger charge is -2.10. The van der Waals surface area contributed by atoms with Crippen molar-refractivity contribution in [2.75, 3.05) is 13.7 Å². The molecule has 3 aromatic carbocycles. The Kier molecular flexibility index (Phi) is 6.14. The van der Waals surface area contributed by atoms with Gasteiger partial charge in [-0.15, -0.1) is 0 Å². The Balaban J connectivity index is 1.49. The van der Waals surface area contributed by atoms with Crippen LogP contribution in [0.2, 0.25) is 0 Å². The first-order chi connectivity index (χ1) is 14.7. The molecule has 1 aromatic heterocycles. The van der Waals surface area contributed by atoms with Gasteiger partial charge in [0.25, 0.3) is 0 Å². The van der Waals surface area contributed by atoms with E-state index in [4.69, 9.17) is 14.5 Å². The lowest BCUT2D eigenvalue weighted by Crippen LogP contribution is -2.06. The van der Waals surface area contributed by atoms with Crippen molar-refractivity contribution in [1.29, 1.82) is 0 Å². The fraction of sp³-hybridized carbons (Fsp3) is 0.192. The summed E-state index contributed by atoms with van der Waals surface area (Å²) in [5.74, 6) is 2.75. The monoisotopic (exact) mass is 398 g/mol. The molecular formula is C26H26N2O2. The quantitative estimate of drug-likeness (QED) is 0.342. The Morgan fingerprint density at radius 3 is 2.47 bits per heavy atom. The lowest BCUT2D eigenvalue weighted by atomic mass is 10.2. The SMILES string of the molecule is COc1ccc(C=Cc2nc3ccccc3n2CCCOc2ccccc2C)cc1. The molecule has 0 aliphatic rings. The molecule has 4 heteroatoms. The maximum atomic E-state index is 5.97. The van der Waals surface area contributed by atoms with Crippen molar-refractivity contribution >= 4 is 23.2 Å². The van der Waals surface area contributed by atoms with Gasteiger partial charge in [-0.3, -0.25) is 0 Å². The second kappa shape index (κ2) is 9.31. The second-order valence-electron chi connectivity index (χ2n) is 7.18. The molecule has 0 radical (unpaired) electrons. The zero-order valence-electron chi connectivity index (χ0n) is 17.4. The summed E-state index contributed by atoms with van der Waals surface area (Å²) < 4.78 is 13.5. The summed E-state index contributed by atoms with van der Waals surface area (Å²) in [6, 6.07) is 24.4. The van der Waals surface area contributed by atoms with Crippen molar-refractivity contribution in [1.82, 2.24) is 9.55 Å². The molecule has 0 aliphatic heterocycles. The van der Waals surface area contributed by atoms with E-state index in [-0.39, 0.29) is 0 Å². The van der Waals surface area contributed by atoms with E-state index >= 15 is 0 Å². The number of benzene rings is 3. The number of hydrogen-bond acceptors (Lipinski definition) is 3. The van der Waals surface area contributed by atoms with Crippen molar-refractivity contribution in [2.24, 2.45) is 0 Å². The number of ether oxygens (including phenoxy) is 2. The molecule has 0 saturated carbocycles. The highest BCUT2D eigenvalue weighted by Crippen LogP contribution is 2.20. The number of fused-ring (bicyclic) bond motifs is 1. The summed E-state index contributed by atoms with van der Waals surface area (Å²) in [5, 5.41) is 0. The molecule has 0 unspecified atom stereocenters. The van der Waals surface area contributed by atoms with Gasteiger partial charge in [-0.2, -0.15) is 0 Å². The zero-order chi connectivity index (χ0) is 20.8. The number of nitrogens with zero attached hydrogens (tertiary/aromatic N) is 2. The first kappa shape index (κ1) is 19.8. The van der Waals surface area contributed by atoms with E-state index in [0.717, 1.165) is 52.4 Å². The minimum atomic E-state index is 0.666. The van der Waals surface area contributed by atoms with Gasteiger partial charge < -0.3 is 14.0 Å². The van der Waals surface area contributed by atoms with Crippen LogP contribution in [0.5, 0.6) is 11.5 Å². The topological polar surface area (TPSA) is 36.3 Å². The largest absolute Gasteiger partial charge is 0.497 e. The Morgan fingerprint density at radius 1 is 0.900 bits per heavy atom. The summed E-state index contributed by atoms with van der Waals surface area (Å²) in [6.45, 7) is 3.58. The minimum absolute atomic E-state index is 0.666. The Bertz CT molecular complexity index is 1140. The summed E-state index contributed by atoms with van der Waals surface area (Å²) in [6.07, 6.45) is 5.06. The van der Waals surface area contributed by atoms with Crippen LogP contribution in [0.4, 0.5) is 0 Å². The van der Waals surface area contributed by atoms with Crippen molar-refractivity contribution in [3.8, 4) is 11.5 Å². The van der Waals surface area contributed by atoms with Crippen LogP contribution in [-0.2, 0) is 6.54 Å². The zero-order valence-corrected chi connectivity index (χ0v) is 17.4. The van der Waals surface area contributed by atoms with E-state index in [1.807, 2.05) is 48.5 Å². The van der Waals surface area contributed by atoms with Crippen molar-refractivity contribution < 1.29 is 9.47 Å². The molecule has 152 valence electrons. The predicted molar refractivity (Wildman–Crippen MR) is 123 cm³/mol. The van der Waals surface area contributed by atoms with Gasteiger partial charge >= 0.3 is 0 Å². The molecule has 0 saturated heterocycles. The second-order valence-corrected chi connectivity index (χ2v) is 7.18. The van der Waals surface area contributed by atoms with Crippen LogP contribution in [0, 0.1) is 6.92 Å². The average Bonchev–Trinajstić information content (AvgIpc) is 3.14. The smallest absolute Gasteiger partial charge is 0.133 e. The summed E-state index contributed by atoms with van der Waals surface area (Å²) in [5.41, 5.74) is 4.42. The third kappa shape index (κ3) is 4.54.